The van der Waals surface area contributed by atoms with Crippen LogP contribution in [-0.2, 0) is 0 Å². The number of halogens is 2. The summed E-state index contributed by atoms with van der Waals surface area (Å²) in [5, 5.41) is 6.77. The van der Waals surface area contributed by atoms with E-state index in [9.17, 15) is 4.79 Å². The number of methoxy groups -OCH3 is 1. The Morgan fingerprint density at radius 3 is 3.00 bits per heavy atom. The van der Waals surface area contributed by atoms with Crippen molar-refractivity contribution in [2.75, 3.05) is 26.7 Å². The molecule has 2 N–H and O–H groups in total. The molecule has 0 bridgehead atoms. The third-order valence-corrected chi connectivity index (χ3v) is 3.64. The first-order valence-corrected chi connectivity index (χ1v) is 6.91. The highest BCUT2D eigenvalue weighted by atomic mass is 35.5. The summed E-state index contributed by atoms with van der Waals surface area (Å²) in [6.45, 7) is 2.82. The van der Waals surface area contributed by atoms with Gasteiger partial charge in [-0.25, -0.2) is 0 Å². The summed E-state index contributed by atoms with van der Waals surface area (Å²) in [7, 11) is 1.55. The van der Waals surface area contributed by atoms with Crippen LogP contribution < -0.4 is 15.4 Å². The van der Waals surface area contributed by atoms with Gasteiger partial charge >= 0.3 is 0 Å². The molecule has 1 aromatic carbocycles. The van der Waals surface area contributed by atoms with Gasteiger partial charge in [0.05, 0.1) is 12.7 Å². The Kier molecular flexibility index (Phi) is 7.13. The summed E-state index contributed by atoms with van der Waals surface area (Å²) in [6, 6.07) is 5.05. The number of rotatable bonds is 5. The Labute approximate surface area is 130 Å². The first-order valence-electron chi connectivity index (χ1n) is 6.53. The lowest BCUT2D eigenvalue weighted by atomic mass is 10.1. The van der Waals surface area contributed by atoms with Crippen LogP contribution in [0.1, 0.15) is 23.2 Å². The minimum atomic E-state index is -0.134. The SMILES string of the molecule is COc1ccc(Cl)cc1C(=O)NCCC1CCNC1.Cl. The van der Waals surface area contributed by atoms with Crippen LogP contribution in [-0.4, -0.2) is 32.7 Å². The third-order valence-electron chi connectivity index (χ3n) is 3.41. The Hall–Kier alpha value is -0.970. The highest BCUT2D eigenvalue weighted by Gasteiger charge is 2.16. The van der Waals surface area contributed by atoms with Crippen molar-refractivity contribution in [3.05, 3.63) is 28.8 Å². The summed E-state index contributed by atoms with van der Waals surface area (Å²) in [5.41, 5.74) is 0.486. The lowest BCUT2D eigenvalue weighted by molar-refractivity contribution is 0.0948. The van der Waals surface area contributed by atoms with Crippen molar-refractivity contribution in [1.82, 2.24) is 10.6 Å². The van der Waals surface area contributed by atoms with E-state index in [1.54, 1.807) is 25.3 Å². The molecule has 0 aromatic heterocycles. The second-order valence-electron chi connectivity index (χ2n) is 4.75. The summed E-state index contributed by atoms with van der Waals surface area (Å²) < 4.78 is 5.17. The van der Waals surface area contributed by atoms with Gasteiger partial charge < -0.3 is 15.4 Å². The van der Waals surface area contributed by atoms with Crippen molar-refractivity contribution >= 4 is 29.9 Å². The standard InChI is InChI=1S/C14H19ClN2O2.ClH/c1-19-13-3-2-11(15)8-12(13)14(18)17-7-5-10-4-6-16-9-10;/h2-3,8,10,16H,4-7,9H2,1H3,(H,17,18);1H. The van der Waals surface area contributed by atoms with E-state index < -0.39 is 0 Å². The molecule has 1 unspecified atom stereocenters. The van der Waals surface area contributed by atoms with Gasteiger partial charge in [-0.05, 0) is 50.0 Å². The zero-order valence-electron chi connectivity index (χ0n) is 11.4. The van der Waals surface area contributed by atoms with Crippen molar-refractivity contribution in [2.45, 2.75) is 12.8 Å². The van der Waals surface area contributed by atoms with Crippen LogP contribution in [0.5, 0.6) is 5.75 Å². The van der Waals surface area contributed by atoms with Crippen molar-refractivity contribution in [3.63, 3.8) is 0 Å². The van der Waals surface area contributed by atoms with E-state index in [1.807, 2.05) is 0 Å². The second-order valence-corrected chi connectivity index (χ2v) is 5.18. The quantitative estimate of drug-likeness (QED) is 0.877. The molecule has 20 heavy (non-hydrogen) atoms. The molecule has 1 heterocycles. The van der Waals surface area contributed by atoms with E-state index >= 15 is 0 Å². The normalized spacial score (nSPS) is 17.4. The van der Waals surface area contributed by atoms with Crippen molar-refractivity contribution in [1.29, 1.82) is 0 Å². The molecule has 1 amide bonds. The number of amides is 1. The average molecular weight is 319 g/mol. The molecule has 4 nitrogen and oxygen atoms in total. The highest BCUT2D eigenvalue weighted by Crippen LogP contribution is 2.22. The lowest BCUT2D eigenvalue weighted by Crippen LogP contribution is -2.26. The molecule has 0 radical (unpaired) electrons. The van der Waals surface area contributed by atoms with Gasteiger partial charge in [0.25, 0.3) is 5.91 Å². The Balaban J connectivity index is 0.00000200. The van der Waals surface area contributed by atoms with Crippen LogP contribution in [0.25, 0.3) is 0 Å². The van der Waals surface area contributed by atoms with Crippen LogP contribution in [0, 0.1) is 5.92 Å². The van der Waals surface area contributed by atoms with Crippen LogP contribution in [0.15, 0.2) is 18.2 Å². The second kappa shape index (κ2) is 8.35. The number of benzene rings is 1. The van der Waals surface area contributed by atoms with E-state index in [2.05, 4.69) is 10.6 Å². The van der Waals surface area contributed by atoms with Gasteiger partial charge in [0.2, 0.25) is 0 Å². The van der Waals surface area contributed by atoms with Gasteiger partial charge in [0, 0.05) is 11.6 Å². The van der Waals surface area contributed by atoms with Gasteiger partial charge in [-0.1, -0.05) is 11.6 Å². The van der Waals surface area contributed by atoms with E-state index in [0.29, 0.717) is 28.8 Å². The maximum atomic E-state index is 12.1. The van der Waals surface area contributed by atoms with E-state index in [1.165, 1.54) is 6.42 Å². The first-order chi connectivity index (χ1) is 9.20. The first kappa shape index (κ1) is 17.1. The van der Waals surface area contributed by atoms with Crippen molar-refractivity contribution in [3.8, 4) is 5.75 Å². The van der Waals surface area contributed by atoms with E-state index in [-0.39, 0.29) is 18.3 Å². The van der Waals surface area contributed by atoms with E-state index in [0.717, 1.165) is 19.5 Å². The van der Waals surface area contributed by atoms with Gasteiger partial charge in [-0.2, -0.15) is 0 Å². The molecular formula is C14H20Cl2N2O2. The number of nitrogens with one attached hydrogen (secondary N) is 2. The summed E-state index contributed by atoms with van der Waals surface area (Å²) in [4.78, 5) is 12.1. The molecule has 2 rings (SSSR count). The minimum absolute atomic E-state index is 0. The summed E-state index contributed by atoms with van der Waals surface area (Å²) >= 11 is 5.91. The van der Waals surface area contributed by atoms with E-state index in [4.69, 9.17) is 16.3 Å². The molecule has 112 valence electrons. The molecule has 1 atom stereocenters. The smallest absolute Gasteiger partial charge is 0.255 e. The number of ether oxygens (including phenoxy) is 1. The average Bonchev–Trinajstić information content (AvgIpc) is 2.91. The van der Waals surface area contributed by atoms with Gasteiger partial charge in [0.15, 0.2) is 0 Å². The minimum Gasteiger partial charge on any atom is -0.496 e. The van der Waals surface area contributed by atoms with Crippen molar-refractivity contribution < 1.29 is 9.53 Å². The zero-order valence-corrected chi connectivity index (χ0v) is 13.0. The number of carbonyl (C=O) groups is 1. The molecule has 1 saturated heterocycles. The maximum Gasteiger partial charge on any atom is 0.255 e. The number of hydrogen-bond donors (Lipinski definition) is 2. The monoisotopic (exact) mass is 318 g/mol. The molecule has 0 saturated carbocycles. The van der Waals surface area contributed by atoms with Crippen LogP contribution in [0.2, 0.25) is 5.02 Å². The Morgan fingerprint density at radius 1 is 1.55 bits per heavy atom. The largest absolute Gasteiger partial charge is 0.496 e. The highest BCUT2D eigenvalue weighted by molar-refractivity contribution is 6.31. The molecular weight excluding hydrogens is 299 g/mol. The van der Waals surface area contributed by atoms with Crippen LogP contribution in [0.3, 0.4) is 0 Å². The lowest BCUT2D eigenvalue weighted by Gasteiger charge is -2.11. The molecule has 1 aliphatic heterocycles. The maximum absolute atomic E-state index is 12.1. The third kappa shape index (κ3) is 4.54. The molecule has 1 aliphatic rings. The van der Waals surface area contributed by atoms with Crippen LogP contribution >= 0.6 is 24.0 Å². The van der Waals surface area contributed by atoms with Gasteiger partial charge in [0.1, 0.15) is 5.75 Å². The summed E-state index contributed by atoms with van der Waals surface area (Å²) in [6.07, 6.45) is 2.19. The number of carbonyl (C=O) groups excluding carboxylic acids is 1. The fraction of sp³-hybridized carbons (Fsp3) is 0.500. The van der Waals surface area contributed by atoms with Crippen LogP contribution in [0.4, 0.5) is 0 Å². The fourth-order valence-electron chi connectivity index (χ4n) is 2.30. The summed E-state index contributed by atoms with van der Waals surface area (Å²) in [5.74, 6) is 1.08. The number of hydrogen-bond acceptors (Lipinski definition) is 3. The molecule has 1 fully saturated rings. The predicted octanol–water partition coefficient (Wildman–Crippen LogP) is 2.50. The molecule has 6 heteroatoms. The zero-order chi connectivity index (χ0) is 13.7. The molecule has 0 spiro atoms. The predicted molar refractivity (Wildman–Crippen MR) is 83.2 cm³/mol. The van der Waals surface area contributed by atoms with Gasteiger partial charge in [-0.3, -0.25) is 4.79 Å². The Bertz CT molecular complexity index is 449. The fourth-order valence-corrected chi connectivity index (χ4v) is 2.48. The topological polar surface area (TPSA) is 50.4 Å². The molecule has 0 aliphatic carbocycles. The molecule has 1 aromatic rings. The Morgan fingerprint density at radius 2 is 2.35 bits per heavy atom. The van der Waals surface area contributed by atoms with Gasteiger partial charge in [-0.15, -0.1) is 12.4 Å². The van der Waals surface area contributed by atoms with Crippen molar-refractivity contribution in [2.24, 2.45) is 5.92 Å².